The van der Waals surface area contributed by atoms with Crippen molar-refractivity contribution in [1.29, 1.82) is 0 Å². The van der Waals surface area contributed by atoms with Gasteiger partial charge in [-0.05, 0) is 26.3 Å². The molecule has 2 heteroatoms. The lowest BCUT2D eigenvalue weighted by molar-refractivity contribution is -0.154. The summed E-state index contributed by atoms with van der Waals surface area (Å²) in [7, 11) is 0. The Morgan fingerprint density at radius 1 is 1.21 bits per heavy atom. The second kappa shape index (κ2) is 3.82. The van der Waals surface area contributed by atoms with Crippen LogP contribution >= 0.6 is 0 Å². The first-order valence-electron chi connectivity index (χ1n) is 4.68. The summed E-state index contributed by atoms with van der Waals surface area (Å²) >= 11 is 0. The lowest BCUT2D eigenvalue weighted by atomic mass is 9.97. The molecule has 2 nitrogen and oxygen atoms in total. The lowest BCUT2D eigenvalue weighted by Crippen LogP contribution is -2.24. The fourth-order valence-electron chi connectivity index (χ4n) is 1.37. The molecule has 14 heavy (non-hydrogen) atoms. The third-order valence-electron chi connectivity index (χ3n) is 2.15. The van der Waals surface area contributed by atoms with Gasteiger partial charge in [-0.1, -0.05) is 29.8 Å². The highest BCUT2D eigenvalue weighted by Crippen LogP contribution is 2.24. The molecule has 1 aromatic rings. The van der Waals surface area contributed by atoms with Crippen LogP contribution in [0.1, 0.15) is 31.9 Å². The summed E-state index contributed by atoms with van der Waals surface area (Å²) in [6, 6.07) is 8.00. The van der Waals surface area contributed by atoms with Crippen LogP contribution in [-0.2, 0) is 15.1 Å². The molecule has 1 aromatic carbocycles. The molecular formula is C12H16O2. The van der Waals surface area contributed by atoms with Crippen molar-refractivity contribution in [2.24, 2.45) is 0 Å². The molecule has 0 heterocycles. The van der Waals surface area contributed by atoms with Crippen molar-refractivity contribution < 1.29 is 9.53 Å². The molecule has 0 spiro atoms. The molecule has 0 aliphatic carbocycles. The molecule has 0 atom stereocenters. The van der Waals surface area contributed by atoms with Crippen molar-refractivity contribution in [2.45, 2.75) is 33.3 Å². The Bertz CT molecular complexity index is 323. The first kappa shape index (κ1) is 10.8. The van der Waals surface area contributed by atoms with E-state index < -0.39 is 5.60 Å². The molecule has 0 fully saturated rings. The van der Waals surface area contributed by atoms with E-state index in [2.05, 4.69) is 0 Å². The van der Waals surface area contributed by atoms with Crippen LogP contribution in [0.15, 0.2) is 24.3 Å². The highest BCUT2D eigenvalue weighted by Gasteiger charge is 2.23. The van der Waals surface area contributed by atoms with E-state index in [4.69, 9.17) is 4.74 Å². The number of ether oxygens (including phenoxy) is 1. The van der Waals surface area contributed by atoms with E-state index in [1.165, 1.54) is 12.5 Å². The molecule has 0 N–H and O–H groups in total. The minimum Gasteiger partial charge on any atom is -0.455 e. The minimum absolute atomic E-state index is 0.254. The van der Waals surface area contributed by atoms with Gasteiger partial charge in [-0.25, -0.2) is 0 Å². The van der Waals surface area contributed by atoms with Crippen LogP contribution in [0.5, 0.6) is 0 Å². The highest BCUT2D eigenvalue weighted by molar-refractivity contribution is 5.66. The first-order valence-corrected chi connectivity index (χ1v) is 4.68. The SMILES string of the molecule is CC(=O)OC(C)(C)c1ccc(C)cc1. The molecule has 0 aliphatic rings. The zero-order chi connectivity index (χ0) is 10.8. The van der Waals surface area contributed by atoms with Crippen LogP contribution in [0.4, 0.5) is 0 Å². The van der Waals surface area contributed by atoms with Gasteiger partial charge < -0.3 is 4.74 Å². The average Bonchev–Trinajstić information content (AvgIpc) is 2.02. The van der Waals surface area contributed by atoms with Crippen LogP contribution in [0.2, 0.25) is 0 Å². The van der Waals surface area contributed by atoms with Crippen molar-refractivity contribution in [1.82, 2.24) is 0 Å². The molecule has 0 aromatic heterocycles. The molecular weight excluding hydrogens is 176 g/mol. The standard InChI is InChI=1S/C12H16O2/c1-9-5-7-11(8-6-9)12(3,4)14-10(2)13/h5-8H,1-4H3. The first-order chi connectivity index (χ1) is 6.42. The maximum Gasteiger partial charge on any atom is 0.303 e. The normalized spacial score (nSPS) is 11.1. The van der Waals surface area contributed by atoms with E-state index in [0.717, 1.165) is 5.56 Å². The second-order valence-corrected chi connectivity index (χ2v) is 3.97. The molecule has 0 radical (unpaired) electrons. The summed E-state index contributed by atoms with van der Waals surface area (Å²) in [5.74, 6) is -0.254. The topological polar surface area (TPSA) is 26.3 Å². The Hall–Kier alpha value is -1.31. The predicted molar refractivity (Wildman–Crippen MR) is 56.0 cm³/mol. The average molecular weight is 192 g/mol. The quantitative estimate of drug-likeness (QED) is 0.673. The Balaban J connectivity index is 2.91. The molecule has 0 saturated carbocycles. The number of hydrogen-bond donors (Lipinski definition) is 0. The largest absolute Gasteiger partial charge is 0.455 e. The van der Waals surface area contributed by atoms with Gasteiger partial charge in [0.25, 0.3) is 0 Å². The molecule has 0 aliphatic heterocycles. The van der Waals surface area contributed by atoms with Crippen LogP contribution in [0.3, 0.4) is 0 Å². The third kappa shape index (κ3) is 2.59. The van der Waals surface area contributed by atoms with E-state index in [0.29, 0.717) is 0 Å². The number of carbonyl (C=O) groups is 1. The lowest BCUT2D eigenvalue weighted by Gasteiger charge is -2.24. The monoisotopic (exact) mass is 192 g/mol. The smallest absolute Gasteiger partial charge is 0.303 e. The van der Waals surface area contributed by atoms with Crippen molar-refractivity contribution in [3.63, 3.8) is 0 Å². The fourth-order valence-corrected chi connectivity index (χ4v) is 1.37. The van der Waals surface area contributed by atoms with Gasteiger partial charge in [0.2, 0.25) is 0 Å². The van der Waals surface area contributed by atoms with Crippen molar-refractivity contribution in [3.05, 3.63) is 35.4 Å². The number of carbonyl (C=O) groups excluding carboxylic acids is 1. The highest BCUT2D eigenvalue weighted by atomic mass is 16.6. The Labute approximate surface area is 84.9 Å². The number of rotatable bonds is 2. The van der Waals surface area contributed by atoms with E-state index in [-0.39, 0.29) is 5.97 Å². The summed E-state index contributed by atoms with van der Waals surface area (Å²) in [6.45, 7) is 7.23. The van der Waals surface area contributed by atoms with Gasteiger partial charge in [-0.3, -0.25) is 4.79 Å². The van der Waals surface area contributed by atoms with E-state index >= 15 is 0 Å². The Kier molecular flexibility index (Phi) is 2.94. The number of hydrogen-bond acceptors (Lipinski definition) is 2. The van der Waals surface area contributed by atoms with Crippen LogP contribution in [0, 0.1) is 6.92 Å². The Morgan fingerprint density at radius 2 is 1.71 bits per heavy atom. The van der Waals surface area contributed by atoms with Gasteiger partial charge in [0.1, 0.15) is 5.60 Å². The Morgan fingerprint density at radius 3 is 2.14 bits per heavy atom. The van der Waals surface area contributed by atoms with Crippen LogP contribution in [0.25, 0.3) is 0 Å². The van der Waals surface area contributed by atoms with Crippen LogP contribution in [-0.4, -0.2) is 5.97 Å². The summed E-state index contributed by atoms with van der Waals surface area (Å²) in [4.78, 5) is 10.9. The van der Waals surface area contributed by atoms with Gasteiger partial charge in [0, 0.05) is 6.92 Å². The molecule has 0 bridgehead atoms. The van der Waals surface area contributed by atoms with Gasteiger partial charge >= 0.3 is 5.97 Å². The van der Waals surface area contributed by atoms with Gasteiger partial charge in [-0.15, -0.1) is 0 Å². The van der Waals surface area contributed by atoms with Crippen LogP contribution < -0.4 is 0 Å². The minimum atomic E-state index is -0.542. The summed E-state index contributed by atoms with van der Waals surface area (Å²) in [5, 5.41) is 0. The summed E-state index contributed by atoms with van der Waals surface area (Å²) in [5.41, 5.74) is 1.67. The second-order valence-electron chi connectivity index (χ2n) is 3.97. The molecule has 1 rings (SSSR count). The summed E-state index contributed by atoms with van der Waals surface area (Å²) < 4.78 is 5.22. The number of aryl methyl sites for hydroxylation is 1. The van der Waals surface area contributed by atoms with Gasteiger partial charge in [0.15, 0.2) is 0 Å². The molecule has 76 valence electrons. The maximum atomic E-state index is 10.9. The van der Waals surface area contributed by atoms with Gasteiger partial charge in [0.05, 0.1) is 0 Å². The number of benzene rings is 1. The van der Waals surface area contributed by atoms with E-state index in [9.17, 15) is 4.79 Å². The molecule has 0 unspecified atom stereocenters. The molecule has 0 saturated heterocycles. The zero-order valence-corrected chi connectivity index (χ0v) is 9.13. The maximum absolute atomic E-state index is 10.9. The van der Waals surface area contributed by atoms with Gasteiger partial charge in [-0.2, -0.15) is 0 Å². The summed E-state index contributed by atoms with van der Waals surface area (Å²) in [6.07, 6.45) is 0. The van der Waals surface area contributed by atoms with E-state index in [1.807, 2.05) is 45.0 Å². The van der Waals surface area contributed by atoms with E-state index in [1.54, 1.807) is 0 Å². The predicted octanol–water partition coefficient (Wildman–Crippen LogP) is 2.79. The van der Waals surface area contributed by atoms with Crippen molar-refractivity contribution in [3.8, 4) is 0 Å². The fraction of sp³-hybridized carbons (Fsp3) is 0.417. The zero-order valence-electron chi connectivity index (χ0n) is 9.13. The third-order valence-corrected chi connectivity index (χ3v) is 2.15. The molecule has 0 amide bonds. The van der Waals surface area contributed by atoms with Crippen molar-refractivity contribution in [2.75, 3.05) is 0 Å². The van der Waals surface area contributed by atoms with Crippen molar-refractivity contribution >= 4 is 5.97 Å². The number of esters is 1.